The van der Waals surface area contributed by atoms with E-state index in [4.69, 9.17) is 38.7 Å². The summed E-state index contributed by atoms with van der Waals surface area (Å²) in [5.74, 6) is 0.288. The highest BCUT2D eigenvalue weighted by Crippen LogP contribution is 2.35. The van der Waals surface area contributed by atoms with E-state index < -0.39 is 0 Å². The molecule has 1 saturated carbocycles. The Morgan fingerprint density at radius 1 is 1.09 bits per heavy atom. The Balaban J connectivity index is 1.56. The minimum absolute atomic E-state index is 0.163. The Labute approximate surface area is 211 Å². The molecule has 2 aromatic rings. The predicted molar refractivity (Wildman–Crippen MR) is 139 cm³/mol. The number of nitrogens with zero attached hydrogens (tertiary/aromatic N) is 2. The monoisotopic (exact) mass is 502 g/mol. The Kier molecular flexibility index (Phi) is 8.70. The Morgan fingerprint density at radius 2 is 1.79 bits per heavy atom. The number of nitrogens with two attached hydrogens (primary N) is 1. The van der Waals surface area contributed by atoms with Crippen molar-refractivity contribution in [2.24, 2.45) is 10.7 Å². The highest BCUT2D eigenvalue weighted by atomic mass is 35.5. The molecule has 1 aliphatic heterocycles. The number of carbonyl (C=O) groups excluding carboxylic acids is 1. The molecule has 1 aliphatic carbocycles. The molecule has 6 nitrogen and oxygen atoms in total. The highest BCUT2D eigenvalue weighted by Gasteiger charge is 2.22. The van der Waals surface area contributed by atoms with Crippen molar-refractivity contribution in [2.75, 3.05) is 31.6 Å². The van der Waals surface area contributed by atoms with Crippen molar-refractivity contribution in [1.82, 2.24) is 4.90 Å². The van der Waals surface area contributed by atoms with Crippen LogP contribution in [0.1, 0.15) is 55.6 Å². The zero-order chi connectivity index (χ0) is 23.9. The van der Waals surface area contributed by atoms with Gasteiger partial charge in [0.1, 0.15) is 0 Å². The smallest absolute Gasteiger partial charge is 0.218 e. The van der Waals surface area contributed by atoms with Gasteiger partial charge >= 0.3 is 0 Å². The number of ether oxygens (including phenoxy) is 1. The number of halogens is 2. The van der Waals surface area contributed by atoms with Crippen LogP contribution in [0.25, 0.3) is 0 Å². The molecule has 2 aliphatic rings. The van der Waals surface area contributed by atoms with Crippen LogP contribution in [0, 0.1) is 0 Å². The van der Waals surface area contributed by atoms with E-state index in [-0.39, 0.29) is 18.2 Å². The number of nitrogens with one attached hydrogen (secondary N) is 1. The molecule has 8 heteroatoms. The van der Waals surface area contributed by atoms with Crippen molar-refractivity contribution in [1.29, 1.82) is 0 Å². The molecule has 0 aromatic heterocycles. The number of hydrogen-bond acceptors (Lipinski definition) is 3. The normalized spacial score (nSPS) is 18.5. The number of carbonyl (C=O) groups is 1. The molecule has 2 fully saturated rings. The molecule has 1 atom stereocenters. The highest BCUT2D eigenvalue weighted by molar-refractivity contribution is 6.35. The molecular weight excluding hydrogens is 471 g/mol. The number of anilines is 1. The minimum atomic E-state index is -0.382. The fraction of sp³-hybridized carbons (Fsp3) is 0.462. The maximum absolute atomic E-state index is 11.8. The van der Waals surface area contributed by atoms with Gasteiger partial charge in [0.25, 0.3) is 0 Å². The molecule has 1 heterocycles. The Morgan fingerprint density at radius 3 is 2.44 bits per heavy atom. The lowest BCUT2D eigenvalue weighted by atomic mass is 9.88. The van der Waals surface area contributed by atoms with E-state index >= 15 is 0 Å². The second kappa shape index (κ2) is 11.9. The molecule has 3 N–H and O–H groups in total. The topological polar surface area (TPSA) is 80.0 Å². The number of hydrogen-bond donors (Lipinski definition) is 2. The third-order valence-corrected chi connectivity index (χ3v) is 7.07. The van der Waals surface area contributed by atoms with Crippen molar-refractivity contribution in [3.63, 3.8) is 0 Å². The summed E-state index contributed by atoms with van der Waals surface area (Å²) in [6.45, 7) is 3.07. The zero-order valence-corrected chi connectivity index (χ0v) is 20.8. The molecule has 1 saturated heterocycles. The standard InChI is InChI=1S/C26H32Cl2N4O2/c27-19-8-11-22(24(28)16-19)23(17-25(29)33)18-6-9-21(10-7-18)31-26(32-12-14-34-15-13-32)30-20-4-2-1-3-5-20/h6-11,16,20,23H,1-5,12-15,17H2,(H2,29,33)(H,30,31). The lowest BCUT2D eigenvalue weighted by Crippen LogP contribution is -2.44. The number of amides is 1. The van der Waals surface area contributed by atoms with Crippen LogP contribution in [0.2, 0.25) is 10.0 Å². The van der Waals surface area contributed by atoms with Gasteiger partial charge in [-0.25, -0.2) is 4.99 Å². The van der Waals surface area contributed by atoms with Crippen molar-refractivity contribution in [2.45, 2.75) is 50.5 Å². The second-order valence-electron chi connectivity index (χ2n) is 8.98. The molecule has 2 aromatic carbocycles. The summed E-state index contributed by atoms with van der Waals surface area (Å²) in [6, 6.07) is 13.8. The van der Waals surface area contributed by atoms with E-state index in [1.165, 1.54) is 19.3 Å². The summed E-state index contributed by atoms with van der Waals surface area (Å²) >= 11 is 12.5. The molecule has 4 rings (SSSR count). The third-order valence-electron chi connectivity index (χ3n) is 6.50. The molecule has 34 heavy (non-hydrogen) atoms. The summed E-state index contributed by atoms with van der Waals surface area (Å²) in [6.07, 6.45) is 6.24. The first-order valence-corrected chi connectivity index (χ1v) is 12.8. The maximum atomic E-state index is 11.8. The Hall–Kier alpha value is -2.28. The molecule has 0 bridgehead atoms. The van der Waals surface area contributed by atoms with Crippen LogP contribution in [0.15, 0.2) is 47.5 Å². The zero-order valence-electron chi connectivity index (χ0n) is 19.3. The van der Waals surface area contributed by atoms with E-state index in [9.17, 15) is 4.79 Å². The summed E-state index contributed by atoms with van der Waals surface area (Å²) in [7, 11) is 0. The lowest BCUT2D eigenvalue weighted by Gasteiger charge is -2.31. The van der Waals surface area contributed by atoms with Gasteiger partial charge < -0.3 is 20.7 Å². The number of morpholine rings is 1. The number of guanidine groups is 1. The molecule has 1 unspecified atom stereocenters. The third kappa shape index (κ3) is 6.65. The van der Waals surface area contributed by atoms with Crippen molar-refractivity contribution in [3.8, 4) is 0 Å². The van der Waals surface area contributed by atoms with Gasteiger partial charge in [0.2, 0.25) is 5.91 Å². The summed E-state index contributed by atoms with van der Waals surface area (Å²) < 4.78 is 5.54. The van der Waals surface area contributed by atoms with E-state index in [1.54, 1.807) is 12.1 Å². The molecule has 0 spiro atoms. The number of primary amides is 1. The van der Waals surface area contributed by atoms with Crippen LogP contribution in [0.3, 0.4) is 0 Å². The number of rotatable bonds is 6. The van der Waals surface area contributed by atoms with Gasteiger partial charge in [-0.3, -0.25) is 4.79 Å². The fourth-order valence-corrected chi connectivity index (χ4v) is 5.21. The maximum Gasteiger partial charge on any atom is 0.218 e. The summed E-state index contributed by atoms with van der Waals surface area (Å²) in [5, 5.41) is 4.62. The van der Waals surface area contributed by atoms with Crippen LogP contribution >= 0.6 is 23.2 Å². The first-order chi connectivity index (χ1) is 16.5. The van der Waals surface area contributed by atoms with Crippen LogP contribution in [-0.2, 0) is 9.53 Å². The second-order valence-corrected chi connectivity index (χ2v) is 9.82. The first kappa shape index (κ1) is 24.8. The first-order valence-electron chi connectivity index (χ1n) is 12.0. The molecule has 182 valence electrons. The van der Waals surface area contributed by atoms with Crippen LogP contribution in [0.4, 0.5) is 5.69 Å². The van der Waals surface area contributed by atoms with E-state index in [0.29, 0.717) is 29.3 Å². The average Bonchev–Trinajstić information content (AvgIpc) is 2.84. The molecular formula is C26H32Cl2N4O2. The quantitative estimate of drug-likeness (QED) is 0.407. The minimum Gasteiger partial charge on any atom is -0.378 e. The van der Waals surface area contributed by atoms with Crippen molar-refractivity contribution in [3.05, 3.63) is 63.6 Å². The van der Waals surface area contributed by atoms with Crippen molar-refractivity contribution >= 4 is 40.8 Å². The van der Waals surface area contributed by atoms with Crippen LogP contribution in [-0.4, -0.2) is 49.1 Å². The fourth-order valence-electron chi connectivity index (χ4n) is 4.67. The van der Waals surface area contributed by atoms with Gasteiger partial charge in [-0.15, -0.1) is 0 Å². The van der Waals surface area contributed by atoms with Gasteiger partial charge in [0, 0.05) is 41.2 Å². The number of aliphatic imine (C=N–C) groups is 1. The number of benzene rings is 2. The average molecular weight is 503 g/mol. The predicted octanol–water partition coefficient (Wildman–Crippen LogP) is 5.43. The molecule has 1 amide bonds. The van der Waals surface area contributed by atoms with E-state index in [1.807, 2.05) is 30.3 Å². The Bertz CT molecular complexity index is 1000. The summed E-state index contributed by atoms with van der Waals surface area (Å²) in [5.41, 5.74) is 8.31. The van der Waals surface area contributed by atoms with Gasteiger partial charge in [-0.1, -0.05) is 60.7 Å². The van der Waals surface area contributed by atoms with E-state index in [0.717, 1.165) is 48.7 Å². The molecule has 0 radical (unpaired) electrons. The van der Waals surface area contributed by atoms with Gasteiger partial charge in [0.15, 0.2) is 5.96 Å². The van der Waals surface area contributed by atoms with Gasteiger partial charge in [-0.05, 0) is 48.2 Å². The van der Waals surface area contributed by atoms with Crippen LogP contribution in [0.5, 0.6) is 0 Å². The van der Waals surface area contributed by atoms with Gasteiger partial charge in [-0.2, -0.15) is 0 Å². The SMILES string of the molecule is NC(=O)CC(c1ccc(N/C(=N/C2CCCCC2)N2CCOCC2)cc1)c1ccc(Cl)cc1Cl. The largest absolute Gasteiger partial charge is 0.378 e. The van der Waals surface area contributed by atoms with Crippen LogP contribution < -0.4 is 11.1 Å². The van der Waals surface area contributed by atoms with E-state index in [2.05, 4.69) is 10.2 Å². The van der Waals surface area contributed by atoms with Gasteiger partial charge in [0.05, 0.1) is 19.3 Å². The lowest BCUT2D eigenvalue weighted by molar-refractivity contribution is -0.118. The van der Waals surface area contributed by atoms with Crippen molar-refractivity contribution < 1.29 is 9.53 Å². The summed E-state index contributed by atoms with van der Waals surface area (Å²) in [4.78, 5) is 19.2.